The highest BCUT2D eigenvalue weighted by molar-refractivity contribution is 6.42. The molecular weight excluding hydrogens is 347 g/mol. The number of rotatable bonds is 4. The summed E-state index contributed by atoms with van der Waals surface area (Å²) in [6.07, 6.45) is 2.54. The minimum atomic E-state index is -0.486. The SMILES string of the molecule is CCCNC(=O)C1C(C)=Nc2ccnn2C1c1cccc(Cl)c1Cl. The quantitative estimate of drug-likeness (QED) is 0.889. The van der Waals surface area contributed by atoms with E-state index < -0.39 is 5.92 Å². The lowest BCUT2D eigenvalue weighted by atomic mass is 9.87. The van der Waals surface area contributed by atoms with Crippen molar-refractivity contribution in [2.45, 2.75) is 26.3 Å². The third kappa shape index (κ3) is 2.94. The van der Waals surface area contributed by atoms with Crippen LogP contribution in [0.1, 0.15) is 31.9 Å². The molecule has 0 saturated heterocycles. The lowest BCUT2D eigenvalue weighted by molar-refractivity contribution is -0.123. The second kappa shape index (κ2) is 6.95. The largest absolute Gasteiger partial charge is 0.355 e. The fraction of sp³-hybridized carbons (Fsp3) is 0.353. The number of aliphatic imine (C=N–C) groups is 1. The maximum absolute atomic E-state index is 12.8. The van der Waals surface area contributed by atoms with E-state index in [0.29, 0.717) is 22.4 Å². The molecule has 0 spiro atoms. The molecule has 1 amide bonds. The van der Waals surface area contributed by atoms with E-state index in [1.807, 2.05) is 32.0 Å². The average molecular weight is 365 g/mol. The first-order chi connectivity index (χ1) is 11.5. The van der Waals surface area contributed by atoms with Gasteiger partial charge in [0.25, 0.3) is 0 Å². The predicted molar refractivity (Wildman–Crippen MR) is 96.4 cm³/mol. The Bertz CT molecular complexity index is 800. The Balaban J connectivity index is 2.12. The van der Waals surface area contributed by atoms with E-state index >= 15 is 0 Å². The number of amides is 1. The summed E-state index contributed by atoms with van der Waals surface area (Å²) in [5, 5.41) is 8.21. The van der Waals surface area contributed by atoms with E-state index in [2.05, 4.69) is 15.4 Å². The summed E-state index contributed by atoms with van der Waals surface area (Å²) in [5.74, 6) is 0.133. The molecule has 5 nitrogen and oxygen atoms in total. The normalized spacial score (nSPS) is 19.6. The minimum Gasteiger partial charge on any atom is -0.355 e. The molecule has 3 rings (SSSR count). The summed E-state index contributed by atoms with van der Waals surface area (Å²) in [7, 11) is 0. The van der Waals surface area contributed by atoms with Gasteiger partial charge in [-0.25, -0.2) is 9.67 Å². The molecule has 0 saturated carbocycles. The smallest absolute Gasteiger partial charge is 0.231 e. The summed E-state index contributed by atoms with van der Waals surface area (Å²) in [5.41, 5.74) is 1.50. The van der Waals surface area contributed by atoms with Crippen LogP contribution in [0.2, 0.25) is 10.0 Å². The first-order valence-corrected chi connectivity index (χ1v) is 8.60. The molecule has 1 aromatic heterocycles. The van der Waals surface area contributed by atoms with Crippen molar-refractivity contribution >= 4 is 40.6 Å². The highest BCUT2D eigenvalue weighted by Crippen LogP contribution is 2.40. The van der Waals surface area contributed by atoms with Crippen LogP contribution in [0.3, 0.4) is 0 Å². The minimum absolute atomic E-state index is 0.0831. The number of carbonyl (C=O) groups excluding carboxylic acids is 1. The zero-order valence-corrected chi connectivity index (χ0v) is 15.0. The summed E-state index contributed by atoms with van der Waals surface area (Å²) >= 11 is 12.6. The van der Waals surface area contributed by atoms with Gasteiger partial charge in [-0.2, -0.15) is 5.10 Å². The van der Waals surface area contributed by atoms with Gasteiger partial charge in [0, 0.05) is 18.3 Å². The van der Waals surface area contributed by atoms with Crippen LogP contribution in [0.15, 0.2) is 35.5 Å². The van der Waals surface area contributed by atoms with Crippen molar-refractivity contribution in [3.05, 3.63) is 46.1 Å². The Labute approximate surface area is 150 Å². The molecule has 0 radical (unpaired) electrons. The monoisotopic (exact) mass is 364 g/mol. The fourth-order valence-corrected chi connectivity index (χ4v) is 3.40. The first kappa shape index (κ1) is 17.0. The van der Waals surface area contributed by atoms with Gasteiger partial charge in [-0.1, -0.05) is 42.3 Å². The molecule has 2 heterocycles. The number of nitrogens with zero attached hydrogens (tertiary/aromatic N) is 3. The predicted octanol–water partition coefficient (Wildman–Crippen LogP) is 4.03. The van der Waals surface area contributed by atoms with Gasteiger partial charge in [-0.05, 0) is 25.0 Å². The van der Waals surface area contributed by atoms with E-state index in [1.54, 1.807) is 16.9 Å². The molecule has 0 bridgehead atoms. The van der Waals surface area contributed by atoms with Crippen molar-refractivity contribution in [3.63, 3.8) is 0 Å². The average Bonchev–Trinajstić information content (AvgIpc) is 3.02. The van der Waals surface area contributed by atoms with Crippen LogP contribution >= 0.6 is 23.2 Å². The van der Waals surface area contributed by atoms with Crippen LogP contribution in [-0.2, 0) is 4.79 Å². The maximum atomic E-state index is 12.8. The highest BCUT2D eigenvalue weighted by atomic mass is 35.5. The van der Waals surface area contributed by atoms with Crippen molar-refractivity contribution in [1.29, 1.82) is 0 Å². The summed E-state index contributed by atoms with van der Waals surface area (Å²) in [6, 6.07) is 6.87. The van der Waals surface area contributed by atoms with Gasteiger partial charge in [0.05, 0.1) is 22.3 Å². The third-order valence-corrected chi connectivity index (χ3v) is 4.93. The lowest BCUT2D eigenvalue weighted by Gasteiger charge is -2.31. The van der Waals surface area contributed by atoms with Gasteiger partial charge in [-0.3, -0.25) is 4.79 Å². The summed E-state index contributed by atoms with van der Waals surface area (Å²) in [4.78, 5) is 17.3. The second-order valence-electron chi connectivity index (χ2n) is 5.74. The van der Waals surface area contributed by atoms with Gasteiger partial charge < -0.3 is 5.32 Å². The molecular formula is C17H18Cl2N4O. The summed E-state index contributed by atoms with van der Waals surface area (Å²) in [6.45, 7) is 4.49. The standard InChI is InChI=1S/C17H18Cl2N4O/c1-3-8-20-17(24)14-10(2)22-13-7-9-21-23(13)16(14)11-5-4-6-12(18)15(11)19/h4-7,9,14,16H,3,8H2,1-2H3,(H,20,24). The van der Waals surface area contributed by atoms with Crippen LogP contribution in [0, 0.1) is 5.92 Å². The van der Waals surface area contributed by atoms with E-state index in [-0.39, 0.29) is 11.9 Å². The second-order valence-corrected chi connectivity index (χ2v) is 6.53. The molecule has 1 aliphatic rings. The summed E-state index contributed by atoms with van der Waals surface area (Å²) < 4.78 is 1.74. The number of halogens is 2. The highest BCUT2D eigenvalue weighted by Gasteiger charge is 2.39. The van der Waals surface area contributed by atoms with Crippen LogP contribution in [0.5, 0.6) is 0 Å². The maximum Gasteiger partial charge on any atom is 0.231 e. The van der Waals surface area contributed by atoms with E-state index in [4.69, 9.17) is 23.2 Å². The van der Waals surface area contributed by atoms with Gasteiger partial charge in [0.1, 0.15) is 5.92 Å². The molecule has 0 aliphatic carbocycles. The Morgan fingerprint density at radius 1 is 1.33 bits per heavy atom. The number of nitrogens with one attached hydrogen (secondary N) is 1. The first-order valence-electron chi connectivity index (χ1n) is 7.85. The Kier molecular flexibility index (Phi) is 4.92. The number of carbonyl (C=O) groups is 1. The topological polar surface area (TPSA) is 59.3 Å². The lowest BCUT2D eigenvalue weighted by Crippen LogP contribution is -2.42. The molecule has 1 N–H and O–H groups in total. The Morgan fingerprint density at radius 3 is 2.88 bits per heavy atom. The van der Waals surface area contributed by atoms with Gasteiger partial charge in [-0.15, -0.1) is 0 Å². The van der Waals surface area contributed by atoms with E-state index in [1.165, 1.54) is 0 Å². The van der Waals surface area contributed by atoms with Gasteiger partial charge in [0.2, 0.25) is 5.91 Å². The molecule has 24 heavy (non-hydrogen) atoms. The molecule has 2 atom stereocenters. The molecule has 1 aliphatic heterocycles. The van der Waals surface area contributed by atoms with E-state index in [0.717, 1.165) is 17.7 Å². The van der Waals surface area contributed by atoms with Crippen molar-refractivity contribution < 1.29 is 4.79 Å². The zero-order valence-electron chi connectivity index (χ0n) is 13.5. The van der Waals surface area contributed by atoms with Crippen LogP contribution in [0.4, 0.5) is 5.82 Å². The molecule has 0 fully saturated rings. The van der Waals surface area contributed by atoms with E-state index in [9.17, 15) is 4.79 Å². The molecule has 126 valence electrons. The van der Waals surface area contributed by atoms with Crippen LogP contribution < -0.4 is 5.32 Å². The van der Waals surface area contributed by atoms with Gasteiger partial charge in [0.15, 0.2) is 5.82 Å². The molecule has 7 heteroatoms. The third-order valence-electron chi connectivity index (χ3n) is 4.10. The zero-order chi connectivity index (χ0) is 17.3. The number of benzene rings is 1. The number of fused-ring (bicyclic) bond motifs is 1. The van der Waals surface area contributed by atoms with Crippen molar-refractivity contribution in [1.82, 2.24) is 15.1 Å². The molecule has 1 aromatic carbocycles. The van der Waals surface area contributed by atoms with Crippen LogP contribution in [-0.4, -0.2) is 27.9 Å². The van der Waals surface area contributed by atoms with Crippen molar-refractivity contribution in [3.8, 4) is 0 Å². The Hall–Kier alpha value is -1.85. The number of aromatic nitrogens is 2. The fourth-order valence-electron chi connectivity index (χ4n) is 2.98. The van der Waals surface area contributed by atoms with Crippen molar-refractivity contribution in [2.75, 3.05) is 6.54 Å². The molecule has 2 unspecified atom stereocenters. The number of hydrogen-bond acceptors (Lipinski definition) is 3. The van der Waals surface area contributed by atoms with Crippen LogP contribution in [0.25, 0.3) is 0 Å². The molecule has 2 aromatic rings. The Morgan fingerprint density at radius 2 is 2.12 bits per heavy atom. The van der Waals surface area contributed by atoms with Crippen molar-refractivity contribution in [2.24, 2.45) is 10.9 Å². The number of hydrogen-bond donors (Lipinski definition) is 1. The van der Waals surface area contributed by atoms with Gasteiger partial charge >= 0.3 is 0 Å².